The second-order valence-electron chi connectivity index (χ2n) is 4.99. The van der Waals surface area contributed by atoms with Crippen LogP contribution in [0.25, 0.3) is 0 Å². The lowest BCUT2D eigenvalue weighted by atomic mass is 10.2. The van der Waals surface area contributed by atoms with Crippen molar-refractivity contribution in [2.45, 2.75) is 25.1 Å². The number of nitro groups is 1. The maximum atomic E-state index is 12.6. The minimum Gasteiger partial charge on any atom is -0.315 e. The van der Waals surface area contributed by atoms with E-state index in [1.807, 2.05) is 0 Å². The number of sulfonamides is 1. The smallest absolute Gasteiger partial charge is 0.273 e. The standard InChI is InChI=1S/C13H19N3O4S/c1-2-15(12-7-8-14-9-12)21(19,20)10-11-5-3-4-6-13(11)16(17)18/h3-6,12,14H,2,7-10H2,1H3. The first kappa shape index (κ1) is 15.9. The fraction of sp³-hybridized carbons (Fsp3) is 0.538. The van der Waals surface area contributed by atoms with Gasteiger partial charge >= 0.3 is 0 Å². The summed E-state index contributed by atoms with van der Waals surface area (Å²) in [7, 11) is -3.58. The van der Waals surface area contributed by atoms with E-state index in [4.69, 9.17) is 0 Å². The largest absolute Gasteiger partial charge is 0.315 e. The van der Waals surface area contributed by atoms with Gasteiger partial charge in [-0.1, -0.05) is 25.1 Å². The topological polar surface area (TPSA) is 92.6 Å². The Morgan fingerprint density at radius 2 is 2.14 bits per heavy atom. The van der Waals surface area contributed by atoms with Crippen molar-refractivity contribution in [1.29, 1.82) is 0 Å². The summed E-state index contributed by atoms with van der Waals surface area (Å²) in [4.78, 5) is 10.4. The number of para-hydroxylation sites is 1. The molecule has 1 heterocycles. The third-order valence-corrected chi connectivity index (χ3v) is 5.58. The van der Waals surface area contributed by atoms with Gasteiger partial charge < -0.3 is 5.32 Å². The van der Waals surface area contributed by atoms with Crippen molar-refractivity contribution >= 4 is 15.7 Å². The second-order valence-corrected chi connectivity index (χ2v) is 6.91. The molecule has 2 rings (SSSR count). The molecule has 1 atom stereocenters. The highest BCUT2D eigenvalue weighted by molar-refractivity contribution is 7.88. The summed E-state index contributed by atoms with van der Waals surface area (Å²) >= 11 is 0. The van der Waals surface area contributed by atoms with Crippen LogP contribution in [0.5, 0.6) is 0 Å². The number of hydrogen-bond donors (Lipinski definition) is 1. The Kier molecular flexibility index (Phi) is 4.92. The third-order valence-electron chi connectivity index (χ3n) is 3.64. The minimum absolute atomic E-state index is 0.0669. The van der Waals surface area contributed by atoms with Gasteiger partial charge in [0.25, 0.3) is 5.69 Å². The van der Waals surface area contributed by atoms with Crippen molar-refractivity contribution in [3.63, 3.8) is 0 Å². The average Bonchev–Trinajstić information content (AvgIpc) is 2.92. The summed E-state index contributed by atoms with van der Waals surface area (Å²) in [5.74, 6) is -0.339. The monoisotopic (exact) mass is 313 g/mol. The van der Waals surface area contributed by atoms with Crippen LogP contribution in [-0.2, 0) is 15.8 Å². The predicted octanol–water partition coefficient (Wildman–Crippen LogP) is 1.11. The Balaban J connectivity index is 2.26. The van der Waals surface area contributed by atoms with Crippen LogP contribution < -0.4 is 5.32 Å². The van der Waals surface area contributed by atoms with Crippen molar-refractivity contribution in [3.05, 3.63) is 39.9 Å². The maximum Gasteiger partial charge on any atom is 0.273 e. The number of rotatable bonds is 6. The molecule has 1 aliphatic heterocycles. The number of likely N-dealkylation sites (N-methyl/N-ethyl adjacent to an activating group) is 1. The molecule has 0 aromatic heterocycles. The van der Waals surface area contributed by atoms with Gasteiger partial charge in [-0.05, 0) is 13.0 Å². The second kappa shape index (κ2) is 6.50. The van der Waals surface area contributed by atoms with E-state index in [1.165, 1.54) is 22.5 Å². The highest BCUT2D eigenvalue weighted by atomic mass is 32.2. The molecular weight excluding hydrogens is 294 g/mol. The van der Waals surface area contributed by atoms with E-state index in [2.05, 4.69) is 5.32 Å². The van der Waals surface area contributed by atoms with Gasteiger partial charge in [0.05, 0.1) is 10.7 Å². The molecule has 1 aromatic rings. The van der Waals surface area contributed by atoms with Gasteiger partial charge in [-0.25, -0.2) is 8.42 Å². The van der Waals surface area contributed by atoms with E-state index in [-0.39, 0.29) is 23.0 Å². The molecule has 0 saturated carbocycles. The quantitative estimate of drug-likeness (QED) is 0.627. The van der Waals surface area contributed by atoms with Crippen molar-refractivity contribution in [2.24, 2.45) is 0 Å². The molecule has 1 fully saturated rings. The minimum atomic E-state index is -3.58. The molecule has 1 aromatic carbocycles. The Labute approximate surface area is 124 Å². The summed E-state index contributed by atoms with van der Waals surface area (Å²) < 4.78 is 26.6. The summed E-state index contributed by atoms with van der Waals surface area (Å²) in [5.41, 5.74) is 0.0774. The van der Waals surface area contributed by atoms with E-state index >= 15 is 0 Å². The van der Waals surface area contributed by atoms with Gasteiger partial charge in [-0.15, -0.1) is 0 Å². The van der Waals surface area contributed by atoms with E-state index in [0.717, 1.165) is 13.0 Å². The van der Waals surface area contributed by atoms with Crippen LogP contribution in [0.1, 0.15) is 18.9 Å². The fourth-order valence-corrected chi connectivity index (χ4v) is 4.49. The summed E-state index contributed by atoms with van der Waals surface area (Å²) in [6.45, 7) is 3.58. The number of nitro benzene ring substituents is 1. The molecule has 0 amide bonds. The SMILES string of the molecule is CCN(C1CCNC1)S(=O)(=O)Cc1ccccc1[N+](=O)[O-]. The average molecular weight is 313 g/mol. The number of hydrogen-bond acceptors (Lipinski definition) is 5. The lowest BCUT2D eigenvalue weighted by molar-refractivity contribution is -0.385. The van der Waals surface area contributed by atoms with E-state index < -0.39 is 14.9 Å². The first-order valence-electron chi connectivity index (χ1n) is 6.88. The van der Waals surface area contributed by atoms with Crippen LogP contribution in [0.2, 0.25) is 0 Å². The Morgan fingerprint density at radius 1 is 1.43 bits per heavy atom. The Bertz CT molecular complexity index is 612. The maximum absolute atomic E-state index is 12.6. The van der Waals surface area contributed by atoms with Crippen molar-refractivity contribution < 1.29 is 13.3 Å². The lowest BCUT2D eigenvalue weighted by Gasteiger charge is -2.26. The predicted molar refractivity (Wildman–Crippen MR) is 79.4 cm³/mol. The number of benzene rings is 1. The lowest BCUT2D eigenvalue weighted by Crippen LogP contribution is -2.42. The van der Waals surface area contributed by atoms with Crippen molar-refractivity contribution in [3.8, 4) is 0 Å². The zero-order valence-electron chi connectivity index (χ0n) is 11.9. The van der Waals surface area contributed by atoms with Crippen LogP contribution >= 0.6 is 0 Å². The molecule has 1 saturated heterocycles. The van der Waals surface area contributed by atoms with Crippen LogP contribution in [0.4, 0.5) is 5.69 Å². The number of nitrogens with zero attached hydrogens (tertiary/aromatic N) is 2. The highest BCUT2D eigenvalue weighted by Gasteiger charge is 2.32. The Morgan fingerprint density at radius 3 is 2.71 bits per heavy atom. The van der Waals surface area contributed by atoms with Gasteiger partial charge in [0.1, 0.15) is 0 Å². The molecule has 0 bridgehead atoms. The van der Waals surface area contributed by atoms with E-state index in [9.17, 15) is 18.5 Å². The third kappa shape index (κ3) is 3.58. The summed E-state index contributed by atoms with van der Waals surface area (Å²) in [5, 5.41) is 14.1. The molecule has 116 valence electrons. The van der Waals surface area contributed by atoms with Gasteiger partial charge in [0, 0.05) is 30.8 Å². The first-order chi connectivity index (χ1) is 9.95. The molecule has 7 nitrogen and oxygen atoms in total. The summed E-state index contributed by atoms with van der Waals surface area (Å²) in [6, 6.07) is 5.91. The molecule has 1 aliphatic rings. The molecule has 0 spiro atoms. The molecule has 1 unspecified atom stereocenters. The molecule has 0 aliphatic carbocycles. The van der Waals surface area contributed by atoms with Crippen LogP contribution in [-0.4, -0.2) is 43.3 Å². The first-order valence-corrected chi connectivity index (χ1v) is 8.49. The van der Waals surface area contributed by atoms with E-state index in [1.54, 1.807) is 13.0 Å². The van der Waals surface area contributed by atoms with Crippen LogP contribution in [0.3, 0.4) is 0 Å². The van der Waals surface area contributed by atoms with Gasteiger partial charge in [-0.2, -0.15) is 4.31 Å². The Hall–Kier alpha value is -1.51. The zero-order valence-corrected chi connectivity index (χ0v) is 12.7. The van der Waals surface area contributed by atoms with Crippen LogP contribution in [0, 0.1) is 10.1 Å². The van der Waals surface area contributed by atoms with E-state index in [0.29, 0.717) is 13.1 Å². The molecular formula is C13H19N3O4S. The van der Waals surface area contributed by atoms with Gasteiger partial charge in [0.2, 0.25) is 10.0 Å². The summed E-state index contributed by atoms with van der Waals surface area (Å²) in [6.07, 6.45) is 0.768. The zero-order chi connectivity index (χ0) is 15.5. The molecule has 0 radical (unpaired) electrons. The molecule has 21 heavy (non-hydrogen) atoms. The number of nitrogens with one attached hydrogen (secondary N) is 1. The van der Waals surface area contributed by atoms with Crippen molar-refractivity contribution in [2.75, 3.05) is 19.6 Å². The fourth-order valence-electron chi connectivity index (χ4n) is 2.66. The molecule has 1 N–H and O–H groups in total. The van der Waals surface area contributed by atoms with Gasteiger partial charge in [-0.3, -0.25) is 10.1 Å². The van der Waals surface area contributed by atoms with Gasteiger partial charge in [0.15, 0.2) is 0 Å². The van der Waals surface area contributed by atoms with Crippen LogP contribution in [0.15, 0.2) is 24.3 Å². The molecule has 8 heteroatoms. The van der Waals surface area contributed by atoms with Crippen molar-refractivity contribution in [1.82, 2.24) is 9.62 Å². The normalized spacial score (nSPS) is 19.0. The highest BCUT2D eigenvalue weighted by Crippen LogP contribution is 2.23.